The number of nitrogens with one attached hydrogen (secondary N) is 1. The average molecular weight is 341 g/mol. The first kappa shape index (κ1) is 15.7. The average Bonchev–Trinajstić information content (AvgIpc) is 3.00. The third-order valence-electron chi connectivity index (χ3n) is 4.53. The molecule has 5 nitrogen and oxygen atoms in total. The fraction of sp³-hybridized carbons (Fsp3) is 0.467. The van der Waals surface area contributed by atoms with Gasteiger partial charge in [-0.1, -0.05) is 11.6 Å². The van der Waals surface area contributed by atoms with E-state index in [9.17, 15) is 4.79 Å². The highest BCUT2D eigenvalue weighted by atomic mass is 35.5. The maximum absolute atomic E-state index is 12.2. The molecule has 2 saturated heterocycles. The lowest BCUT2D eigenvalue weighted by molar-refractivity contribution is 0.302. The Kier molecular flexibility index (Phi) is 4.41. The Morgan fingerprint density at radius 3 is 2.73 bits per heavy atom. The molecule has 0 bridgehead atoms. The van der Waals surface area contributed by atoms with Crippen LogP contribution in [0.25, 0.3) is 5.65 Å². The molecule has 118 valence electrons. The van der Waals surface area contributed by atoms with Gasteiger partial charge in [0, 0.05) is 31.9 Å². The van der Waals surface area contributed by atoms with Gasteiger partial charge in [0.15, 0.2) is 0 Å². The first-order valence-corrected chi connectivity index (χ1v) is 7.68. The van der Waals surface area contributed by atoms with Crippen molar-refractivity contribution in [1.29, 1.82) is 0 Å². The topological polar surface area (TPSA) is 49.6 Å². The second-order valence-electron chi connectivity index (χ2n) is 6.03. The second kappa shape index (κ2) is 6.16. The molecular formula is C15H18Cl2N4O. The van der Waals surface area contributed by atoms with Gasteiger partial charge in [-0.05, 0) is 37.1 Å². The number of pyridine rings is 1. The molecule has 1 N–H and O–H groups in total. The van der Waals surface area contributed by atoms with Crippen LogP contribution >= 0.6 is 24.0 Å². The second-order valence-corrected chi connectivity index (χ2v) is 6.47. The van der Waals surface area contributed by atoms with E-state index in [-0.39, 0.29) is 18.0 Å². The molecular weight excluding hydrogens is 323 g/mol. The summed E-state index contributed by atoms with van der Waals surface area (Å²) >= 11 is 5.92. The smallest absolute Gasteiger partial charge is 0.258 e. The van der Waals surface area contributed by atoms with Crippen LogP contribution in [-0.4, -0.2) is 40.5 Å². The first-order valence-electron chi connectivity index (χ1n) is 7.30. The zero-order valence-electron chi connectivity index (χ0n) is 12.0. The molecule has 0 saturated carbocycles. The van der Waals surface area contributed by atoms with E-state index in [2.05, 4.69) is 15.2 Å². The number of rotatable bonds is 2. The largest absolute Gasteiger partial charge is 0.316 e. The molecule has 7 heteroatoms. The van der Waals surface area contributed by atoms with Crippen LogP contribution < -0.4 is 10.9 Å². The minimum Gasteiger partial charge on any atom is -0.316 e. The van der Waals surface area contributed by atoms with Crippen LogP contribution in [0.15, 0.2) is 29.2 Å². The van der Waals surface area contributed by atoms with E-state index >= 15 is 0 Å². The van der Waals surface area contributed by atoms with Crippen LogP contribution in [0.5, 0.6) is 0 Å². The summed E-state index contributed by atoms with van der Waals surface area (Å²) in [6.07, 6.45) is 1.61. The van der Waals surface area contributed by atoms with Gasteiger partial charge in [0.1, 0.15) is 5.65 Å². The first-order chi connectivity index (χ1) is 10.2. The molecule has 0 radical (unpaired) electrons. The fourth-order valence-corrected chi connectivity index (χ4v) is 3.68. The van der Waals surface area contributed by atoms with E-state index in [1.807, 2.05) is 0 Å². The highest BCUT2D eigenvalue weighted by Gasteiger charge is 2.35. The molecule has 0 unspecified atom stereocenters. The van der Waals surface area contributed by atoms with Crippen molar-refractivity contribution in [1.82, 2.24) is 19.6 Å². The summed E-state index contributed by atoms with van der Waals surface area (Å²) in [5.41, 5.74) is 1.43. The van der Waals surface area contributed by atoms with Gasteiger partial charge in [-0.3, -0.25) is 14.1 Å². The van der Waals surface area contributed by atoms with Gasteiger partial charge >= 0.3 is 0 Å². The fourth-order valence-electron chi connectivity index (χ4n) is 3.52. The summed E-state index contributed by atoms with van der Waals surface area (Å²) in [7, 11) is 0. The Morgan fingerprint density at radius 1 is 1.27 bits per heavy atom. The van der Waals surface area contributed by atoms with Crippen molar-refractivity contribution in [2.24, 2.45) is 11.8 Å². The lowest BCUT2D eigenvalue weighted by Crippen LogP contribution is -2.27. The van der Waals surface area contributed by atoms with Crippen LogP contribution in [0.1, 0.15) is 5.69 Å². The summed E-state index contributed by atoms with van der Waals surface area (Å²) in [5.74, 6) is 1.51. The summed E-state index contributed by atoms with van der Waals surface area (Å²) in [5, 5.41) is 3.98. The number of nitrogens with zero attached hydrogens (tertiary/aromatic N) is 3. The number of fused-ring (bicyclic) bond motifs is 2. The van der Waals surface area contributed by atoms with E-state index in [4.69, 9.17) is 11.6 Å². The Bertz CT molecular complexity index is 736. The molecule has 0 aliphatic carbocycles. The standard InChI is InChI=1S/C15H17ClN4O.ClH/c16-12-1-2-14-18-13(3-15(21)20(14)8-12)9-19-6-10-4-17-5-11(10)7-19;/h1-3,8,10-11,17H,4-7,9H2;1H/t10-,11+;. The van der Waals surface area contributed by atoms with Crippen molar-refractivity contribution < 1.29 is 0 Å². The van der Waals surface area contributed by atoms with Crippen LogP contribution in [0.2, 0.25) is 5.02 Å². The summed E-state index contributed by atoms with van der Waals surface area (Å²) < 4.78 is 1.49. The summed E-state index contributed by atoms with van der Waals surface area (Å²) in [4.78, 5) is 19.1. The lowest BCUT2D eigenvalue weighted by atomic mass is 10.0. The van der Waals surface area contributed by atoms with Gasteiger partial charge in [-0.15, -0.1) is 12.4 Å². The molecule has 4 rings (SSSR count). The molecule has 0 amide bonds. The van der Waals surface area contributed by atoms with E-state index < -0.39 is 0 Å². The van der Waals surface area contributed by atoms with Gasteiger partial charge < -0.3 is 5.32 Å². The summed E-state index contributed by atoms with van der Waals surface area (Å²) in [6.45, 7) is 5.18. The van der Waals surface area contributed by atoms with E-state index in [0.717, 1.165) is 50.3 Å². The van der Waals surface area contributed by atoms with Crippen molar-refractivity contribution >= 4 is 29.7 Å². The third kappa shape index (κ3) is 2.86. The molecule has 2 aromatic heterocycles. The van der Waals surface area contributed by atoms with Crippen molar-refractivity contribution in [2.45, 2.75) is 6.54 Å². The highest BCUT2D eigenvalue weighted by molar-refractivity contribution is 6.30. The molecule has 2 aromatic rings. The van der Waals surface area contributed by atoms with Gasteiger partial charge in [-0.2, -0.15) is 0 Å². The molecule has 4 heterocycles. The molecule has 0 aromatic carbocycles. The van der Waals surface area contributed by atoms with Gasteiger partial charge in [0.2, 0.25) is 0 Å². The van der Waals surface area contributed by atoms with Crippen molar-refractivity contribution in [3.8, 4) is 0 Å². The molecule has 2 fully saturated rings. The Labute approximate surface area is 139 Å². The Morgan fingerprint density at radius 2 is 2.00 bits per heavy atom. The van der Waals surface area contributed by atoms with Crippen LogP contribution in [0, 0.1) is 11.8 Å². The predicted molar refractivity (Wildman–Crippen MR) is 88.8 cm³/mol. The van der Waals surface area contributed by atoms with Crippen molar-refractivity contribution in [2.75, 3.05) is 26.2 Å². The van der Waals surface area contributed by atoms with Crippen molar-refractivity contribution in [3.05, 3.63) is 45.5 Å². The molecule has 2 aliphatic rings. The van der Waals surface area contributed by atoms with Gasteiger partial charge in [0.05, 0.1) is 10.7 Å². The maximum Gasteiger partial charge on any atom is 0.258 e. The number of hydrogen-bond acceptors (Lipinski definition) is 4. The zero-order valence-corrected chi connectivity index (χ0v) is 13.6. The Balaban J connectivity index is 0.00000144. The predicted octanol–water partition coefficient (Wildman–Crippen LogP) is 1.42. The minimum absolute atomic E-state index is 0. The quantitative estimate of drug-likeness (QED) is 0.898. The van der Waals surface area contributed by atoms with Gasteiger partial charge in [-0.25, -0.2) is 4.98 Å². The number of aromatic nitrogens is 2. The van der Waals surface area contributed by atoms with Crippen LogP contribution in [0.4, 0.5) is 0 Å². The molecule has 0 spiro atoms. The summed E-state index contributed by atoms with van der Waals surface area (Å²) in [6, 6.07) is 5.17. The normalized spacial score (nSPS) is 24.4. The van der Waals surface area contributed by atoms with Crippen LogP contribution in [-0.2, 0) is 6.54 Å². The number of likely N-dealkylation sites (tertiary alicyclic amines) is 1. The number of halogens is 2. The van der Waals surface area contributed by atoms with E-state index in [0.29, 0.717) is 10.7 Å². The molecule has 22 heavy (non-hydrogen) atoms. The van der Waals surface area contributed by atoms with Crippen molar-refractivity contribution in [3.63, 3.8) is 0 Å². The molecule has 2 atom stereocenters. The highest BCUT2D eigenvalue weighted by Crippen LogP contribution is 2.27. The minimum atomic E-state index is -0.0708. The van der Waals surface area contributed by atoms with Crippen LogP contribution in [0.3, 0.4) is 0 Å². The zero-order chi connectivity index (χ0) is 14.4. The SMILES string of the molecule is Cl.O=c1cc(CN2C[C@H]3CNC[C@H]3C2)nc2ccc(Cl)cn12. The maximum atomic E-state index is 12.2. The number of hydrogen-bond donors (Lipinski definition) is 1. The van der Waals surface area contributed by atoms with Gasteiger partial charge in [0.25, 0.3) is 5.56 Å². The van der Waals surface area contributed by atoms with E-state index in [1.165, 1.54) is 4.40 Å². The monoisotopic (exact) mass is 340 g/mol. The molecule has 2 aliphatic heterocycles. The lowest BCUT2D eigenvalue weighted by Gasteiger charge is -2.16. The van der Waals surface area contributed by atoms with E-state index in [1.54, 1.807) is 24.4 Å². The Hall–Kier alpha value is -1.14. The third-order valence-corrected chi connectivity index (χ3v) is 4.75.